The zero-order chi connectivity index (χ0) is 27.4. The van der Waals surface area contributed by atoms with Gasteiger partial charge in [0.15, 0.2) is 0 Å². The van der Waals surface area contributed by atoms with Crippen LogP contribution in [-0.2, 0) is 9.53 Å². The van der Waals surface area contributed by atoms with Crippen LogP contribution in [0, 0.1) is 5.92 Å². The first kappa shape index (κ1) is 30.7. The molecule has 0 fully saturated rings. The molecule has 5 N–H and O–H groups in total. The minimum Gasteiger partial charge on any atom is -0.480 e. The third-order valence-corrected chi connectivity index (χ3v) is 6.80. The number of nitrogens with zero attached hydrogens (tertiary/aromatic N) is 2. The van der Waals surface area contributed by atoms with Crippen LogP contribution in [0.15, 0.2) is 36.4 Å². The van der Waals surface area contributed by atoms with E-state index in [-0.39, 0.29) is 47.3 Å². The number of allylic oxidation sites excluding steroid dienone is 2. The molecule has 1 aromatic heterocycles. The summed E-state index contributed by atoms with van der Waals surface area (Å²) in [7, 11) is 0. The Labute approximate surface area is 234 Å². The first-order chi connectivity index (χ1) is 18.0. The Hall–Kier alpha value is -2.86. The van der Waals surface area contributed by atoms with Crippen LogP contribution in [0.4, 0.5) is 19.1 Å². The smallest absolute Gasteiger partial charge is 0.429 e. The molecule has 4 rings (SSSR count). The molecule has 2 aromatic rings. The Bertz CT molecular complexity index is 1260. The normalized spacial score (nSPS) is 19.3. The molecular formula is C26H29Cl2F3N4O4. The fourth-order valence-electron chi connectivity index (χ4n) is 4.67. The first-order valence-electron chi connectivity index (χ1n) is 12.1. The highest BCUT2D eigenvalue weighted by atomic mass is 35.5. The van der Waals surface area contributed by atoms with Crippen molar-refractivity contribution in [1.29, 1.82) is 0 Å². The number of halogens is 5. The van der Waals surface area contributed by atoms with E-state index in [0.717, 1.165) is 5.57 Å². The molecule has 39 heavy (non-hydrogen) atoms. The highest BCUT2D eigenvalue weighted by molar-refractivity contribution is 6.30. The van der Waals surface area contributed by atoms with Crippen LogP contribution in [0.2, 0.25) is 5.02 Å². The van der Waals surface area contributed by atoms with Gasteiger partial charge in [0, 0.05) is 16.7 Å². The fraction of sp³-hybridized carbons (Fsp3) is 0.423. The Morgan fingerprint density at radius 3 is 2.62 bits per heavy atom. The van der Waals surface area contributed by atoms with Crippen LogP contribution < -0.4 is 16.2 Å². The summed E-state index contributed by atoms with van der Waals surface area (Å²) in [5.74, 6) is -1.52. The third kappa shape index (κ3) is 7.84. The van der Waals surface area contributed by atoms with Crippen molar-refractivity contribution in [2.45, 2.75) is 50.4 Å². The number of carboxylic acids is 1. The first-order valence-corrected chi connectivity index (χ1v) is 12.5. The van der Waals surface area contributed by atoms with Crippen LogP contribution >= 0.6 is 24.0 Å². The number of aromatic nitrogens is 2. The number of aliphatic carboxylic acids is 1. The van der Waals surface area contributed by atoms with E-state index in [0.29, 0.717) is 55.5 Å². The third-order valence-electron chi connectivity index (χ3n) is 6.56. The van der Waals surface area contributed by atoms with Gasteiger partial charge in [-0.25, -0.2) is 4.98 Å². The van der Waals surface area contributed by atoms with Gasteiger partial charge in [0.05, 0.1) is 18.9 Å². The van der Waals surface area contributed by atoms with Gasteiger partial charge in [0.25, 0.3) is 0 Å². The lowest BCUT2D eigenvalue weighted by Crippen LogP contribution is -2.32. The largest absolute Gasteiger partial charge is 0.480 e. The summed E-state index contributed by atoms with van der Waals surface area (Å²) in [5, 5.41) is 9.33. The SMILES string of the molecule is Cl.Nc1nc(O[C@H](c2ccc(Cl)cc2C2=CCCOC2)C(F)(F)F)cc(C2=CC[C@@H](CC(N)C(=O)O)CC2)n1. The number of anilines is 1. The number of nitrogens with two attached hydrogens (primary N) is 2. The Morgan fingerprint density at radius 1 is 1.23 bits per heavy atom. The maximum absolute atomic E-state index is 14.4. The predicted octanol–water partition coefficient (Wildman–Crippen LogP) is 5.61. The fourth-order valence-corrected chi connectivity index (χ4v) is 4.84. The summed E-state index contributed by atoms with van der Waals surface area (Å²) < 4.78 is 54.0. The van der Waals surface area contributed by atoms with Gasteiger partial charge in [0.2, 0.25) is 17.9 Å². The molecule has 1 unspecified atom stereocenters. The average Bonchev–Trinajstić information content (AvgIpc) is 2.87. The number of benzene rings is 1. The van der Waals surface area contributed by atoms with Crippen LogP contribution in [0.25, 0.3) is 11.1 Å². The average molecular weight is 589 g/mol. The Morgan fingerprint density at radius 2 is 2.00 bits per heavy atom. The van der Waals surface area contributed by atoms with Gasteiger partial charge in [-0.15, -0.1) is 12.4 Å². The second-order valence-corrected chi connectivity index (χ2v) is 9.78. The molecule has 0 radical (unpaired) electrons. The maximum Gasteiger partial charge on any atom is 0.429 e. The molecule has 212 valence electrons. The predicted molar refractivity (Wildman–Crippen MR) is 144 cm³/mol. The molecule has 2 aliphatic rings. The minimum absolute atomic E-state index is 0. The van der Waals surface area contributed by atoms with Crippen molar-refractivity contribution >= 4 is 47.1 Å². The lowest BCUT2D eigenvalue weighted by molar-refractivity contribution is -0.198. The molecule has 1 aliphatic carbocycles. The molecular weight excluding hydrogens is 560 g/mol. The van der Waals surface area contributed by atoms with Gasteiger partial charge in [-0.1, -0.05) is 29.8 Å². The molecule has 0 bridgehead atoms. The number of hydrogen-bond acceptors (Lipinski definition) is 7. The highest BCUT2D eigenvalue weighted by Crippen LogP contribution is 2.41. The standard InChI is InChI=1S/C26H28ClF3N4O4.ClH/c27-17-7-8-18(19(11-17)16-2-1-9-37-13-16)23(26(28,29)30)38-22-12-21(33-25(32)34-22)15-5-3-14(4-6-15)10-20(31)24(35)36;/h2,5,7-8,11-12,14,20,23H,1,3-4,6,9-10,13,31H2,(H,35,36)(H2,32,33,34);1H/t14-,20?,23-;/m1./s1. The second-order valence-electron chi connectivity index (χ2n) is 9.34. The van der Waals surface area contributed by atoms with Crippen LogP contribution in [0.1, 0.15) is 55.0 Å². The van der Waals surface area contributed by atoms with Gasteiger partial charge in [0.1, 0.15) is 6.04 Å². The van der Waals surface area contributed by atoms with E-state index in [1.54, 1.807) is 0 Å². The number of hydrogen-bond donors (Lipinski definition) is 3. The van der Waals surface area contributed by atoms with Crippen molar-refractivity contribution in [2.75, 3.05) is 18.9 Å². The summed E-state index contributed by atoms with van der Waals surface area (Å²) in [6.45, 7) is 0.652. The van der Waals surface area contributed by atoms with Crippen LogP contribution in [-0.4, -0.2) is 46.5 Å². The van der Waals surface area contributed by atoms with Crippen LogP contribution in [0.3, 0.4) is 0 Å². The zero-order valence-corrected chi connectivity index (χ0v) is 22.4. The Kier molecular flexibility index (Phi) is 10.2. The number of rotatable bonds is 8. The molecule has 3 atom stereocenters. The van der Waals surface area contributed by atoms with Crippen molar-refractivity contribution < 1.29 is 32.5 Å². The molecule has 0 spiro atoms. The lowest BCUT2D eigenvalue weighted by atomic mass is 9.84. The van der Waals surface area contributed by atoms with Gasteiger partial charge in [-0.3, -0.25) is 4.79 Å². The van der Waals surface area contributed by atoms with Gasteiger partial charge >= 0.3 is 12.1 Å². The molecule has 0 saturated carbocycles. The van der Waals surface area contributed by atoms with Crippen molar-refractivity contribution in [3.05, 3.63) is 58.3 Å². The molecule has 0 amide bonds. The van der Waals surface area contributed by atoms with E-state index in [1.165, 1.54) is 24.3 Å². The summed E-state index contributed by atoms with van der Waals surface area (Å²) in [4.78, 5) is 19.1. The van der Waals surface area contributed by atoms with Gasteiger partial charge in [-0.2, -0.15) is 18.2 Å². The summed E-state index contributed by atoms with van der Waals surface area (Å²) in [6.07, 6.45) is -0.760. The topological polar surface area (TPSA) is 134 Å². The Balaban J connectivity index is 0.00000420. The number of nitrogen functional groups attached to an aromatic ring is 1. The van der Waals surface area contributed by atoms with E-state index < -0.39 is 24.3 Å². The van der Waals surface area contributed by atoms with Crippen molar-refractivity contribution in [1.82, 2.24) is 9.97 Å². The lowest BCUT2D eigenvalue weighted by Gasteiger charge is -2.26. The molecule has 13 heteroatoms. The van der Waals surface area contributed by atoms with E-state index in [2.05, 4.69) is 9.97 Å². The molecule has 1 aromatic carbocycles. The van der Waals surface area contributed by atoms with Gasteiger partial charge in [-0.05, 0) is 66.9 Å². The van der Waals surface area contributed by atoms with E-state index >= 15 is 0 Å². The second kappa shape index (κ2) is 13.0. The van der Waals surface area contributed by atoms with Crippen molar-refractivity contribution in [3.8, 4) is 5.88 Å². The molecule has 0 saturated heterocycles. The zero-order valence-electron chi connectivity index (χ0n) is 20.8. The molecule has 2 heterocycles. The summed E-state index contributed by atoms with van der Waals surface area (Å²) in [6, 6.07) is 4.54. The number of carbonyl (C=O) groups is 1. The van der Waals surface area contributed by atoms with Crippen molar-refractivity contribution in [3.63, 3.8) is 0 Å². The van der Waals surface area contributed by atoms with Crippen LogP contribution in [0.5, 0.6) is 5.88 Å². The molecule has 8 nitrogen and oxygen atoms in total. The number of alkyl halides is 3. The van der Waals surface area contributed by atoms with Gasteiger partial charge < -0.3 is 26.0 Å². The summed E-state index contributed by atoms with van der Waals surface area (Å²) in [5.41, 5.74) is 13.4. The quantitative estimate of drug-likeness (QED) is 0.362. The van der Waals surface area contributed by atoms with E-state index in [1.807, 2.05) is 12.2 Å². The minimum atomic E-state index is -4.78. The monoisotopic (exact) mass is 588 g/mol. The number of carboxylic acid groups (broad SMARTS) is 1. The van der Waals surface area contributed by atoms with E-state index in [9.17, 15) is 18.0 Å². The van der Waals surface area contributed by atoms with E-state index in [4.69, 9.17) is 37.6 Å². The number of ether oxygens (including phenoxy) is 2. The summed E-state index contributed by atoms with van der Waals surface area (Å²) >= 11 is 6.13. The van der Waals surface area contributed by atoms with Crippen molar-refractivity contribution in [2.24, 2.45) is 11.7 Å². The maximum atomic E-state index is 14.4. The highest BCUT2D eigenvalue weighted by Gasteiger charge is 2.45. The molecule has 1 aliphatic heterocycles.